The fraction of sp³-hybridized carbons (Fsp3) is 0.304. The SMILES string of the molecule is CC[C@@H]1CSC2=N[C@H](c3ccccn3)[C@H](c3c(OC)ccc4ccccc34)N21. The van der Waals surface area contributed by atoms with Gasteiger partial charge in [0, 0.05) is 23.6 Å². The number of pyridine rings is 1. The normalized spacial score (nSPS) is 23.7. The molecule has 2 aliphatic heterocycles. The van der Waals surface area contributed by atoms with Crippen LogP contribution in [0.15, 0.2) is 65.8 Å². The van der Waals surface area contributed by atoms with Gasteiger partial charge in [-0.2, -0.15) is 0 Å². The van der Waals surface area contributed by atoms with Gasteiger partial charge in [0.1, 0.15) is 11.8 Å². The largest absolute Gasteiger partial charge is 0.496 e. The average Bonchev–Trinajstić information content (AvgIpc) is 3.32. The van der Waals surface area contributed by atoms with E-state index in [1.54, 1.807) is 7.11 Å². The molecule has 2 aliphatic rings. The Balaban J connectivity index is 1.75. The van der Waals surface area contributed by atoms with E-state index in [0.717, 1.165) is 28.8 Å². The highest BCUT2D eigenvalue weighted by Gasteiger charge is 2.46. The minimum Gasteiger partial charge on any atom is -0.496 e. The molecule has 2 aromatic carbocycles. The van der Waals surface area contributed by atoms with Crippen LogP contribution in [0.25, 0.3) is 10.8 Å². The minimum absolute atomic E-state index is 0.0299. The van der Waals surface area contributed by atoms with Crippen LogP contribution in [0.3, 0.4) is 0 Å². The molecule has 3 heterocycles. The summed E-state index contributed by atoms with van der Waals surface area (Å²) >= 11 is 1.87. The van der Waals surface area contributed by atoms with Gasteiger partial charge in [-0.05, 0) is 35.4 Å². The van der Waals surface area contributed by atoms with E-state index in [1.807, 2.05) is 30.1 Å². The predicted molar refractivity (Wildman–Crippen MR) is 116 cm³/mol. The molecule has 0 unspecified atom stereocenters. The fourth-order valence-corrected chi connectivity index (χ4v) is 5.76. The second-order valence-electron chi connectivity index (χ2n) is 7.24. The number of hydrogen-bond donors (Lipinski definition) is 0. The van der Waals surface area contributed by atoms with Crippen molar-refractivity contribution >= 4 is 27.7 Å². The molecule has 4 nitrogen and oxygen atoms in total. The van der Waals surface area contributed by atoms with Crippen LogP contribution in [0.1, 0.15) is 36.7 Å². The van der Waals surface area contributed by atoms with Crippen molar-refractivity contribution in [2.75, 3.05) is 12.9 Å². The van der Waals surface area contributed by atoms with Crippen LogP contribution < -0.4 is 4.74 Å². The average molecular weight is 390 g/mol. The summed E-state index contributed by atoms with van der Waals surface area (Å²) in [5.41, 5.74) is 2.23. The molecule has 1 aromatic heterocycles. The summed E-state index contributed by atoms with van der Waals surface area (Å²) in [6, 6.07) is 19.4. The number of fused-ring (bicyclic) bond motifs is 2. The second kappa shape index (κ2) is 7.13. The molecule has 5 heteroatoms. The van der Waals surface area contributed by atoms with Crippen molar-refractivity contribution in [3.63, 3.8) is 0 Å². The maximum absolute atomic E-state index is 5.86. The van der Waals surface area contributed by atoms with Gasteiger partial charge in [-0.25, -0.2) is 0 Å². The first-order chi connectivity index (χ1) is 13.8. The molecular weight excluding hydrogens is 366 g/mol. The molecule has 0 N–H and O–H groups in total. The summed E-state index contributed by atoms with van der Waals surface area (Å²) in [5.74, 6) is 2.02. The van der Waals surface area contributed by atoms with Gasteiger partial charge >= 0.3 is 0 Å². The summed E-state index contributed by atoms with van der Waals surface area (Å²) in [5, 5.41) is 3.60. The van der Waals surface area contributed by atoms with Gasteiger partial charge in [-0.15, -0.1) is 0 Å². The van der Waals surface area contributed by atoms with E-state index in [-0.39, 0.29) is 12.1 Å². The Bertz CT molecular complexity index is 1040. The Morgan fingerprint density at radius 1 is 1.11 bits per heavy atom. The maximum atomic E-state index is 5.86. The molecule has 0 radical (unpaired) electrons. The smallest absolute Gasteiger partial charge is 0.160 e. The van der Waals surface area contributed by atoms with Crippen molar-refractivity contribution in [2.45, 2.75) is 31.5 Å². The quantitative estimate of drug-likeness (QED) is 0.613. The Morgan fingerprint density at radius 2 is 1.96 bits per heavy atom. The monoisotopic (exact) mass is 389 g/mol. The van der Waals surface area contributed by atoms with Gasteiger partial charge in [0.2, 0.25) is 0 Å². The van der Waals surface area contributed by atoms with Gasteiger partial charge < -0.3 is 9.64 Å². The van der Waals surface area contributed by atoms with E-state index in [0.29, 0.717) is 6.04 Å². The van der Waals surface area contributed by atoms with Crippen LogP contribution in [-0.2, 0) is 0 Å². The minimum atomic E-state index is -0.0299. The third-order valence-corrected chi connectivity index (χ3v) is 6.90. The molecule has 142 valence electrons. The fourth-order valence-electron chi connectivity index (χ4n) is 4.42. The number of amidine groups is 1. The topological polar surface area (TPSA) is 37.7 Å². The van der Waals surface area contributed by atoms with Gasteiger partial charge in [-0.3, -0.25) is 9.98 Å². The highest BCUT2D eigenvalue weighted by atomic mass is 32.2. The molecule has 28 heavy (non-hydrogen) atoms. The van der Waals surface area contributed by atoms with E-state index in [4.69, 9.17) is 9.73 Å². The molecule has 0 saturated carbocycles. The van der Waals surface area contributed by atoms with Gasteiger partial charge in [0.25, 0.3) is 0 Å². The number of hydrogen-bond acceptors (Lipinski definition) is 5. The molecular formula is C23H23N3OS. The molecule has 0 amide bonds. The van der Waals surface area contributed by atoms with E-state index in [1.165, 1.54) is 16.3 Å². The summed E-state index contributed by atoms with van der Waals surface area (Å²) in [6.07, 6.45) is 2.96. The Morgan fingerprint density at radius 3 is 2.75 bits per heavy atom. The molecule has 1 fully saturated rings. The summed E-state index contributed by atoms with van der Waals surface area (Å²) in [7, 11) is 1.76. The standard InChI is InChI=1S/C23H23N3OS/c1-3-16-14-28-23-25-21(18-10-6-7-13-24-18)22(26(16)23)20-17-9-5-4-8-15(17)11-12-19(20)27-2/h4-13,16,21-22H,3,14H2,1-2H3/t16-,21-,22+/m1/s1. The van der Waals surface area contributed by atoms with Crippen LogP contribution in [0, 0.1) is 0 Å². The molecule has 3 aromatic rings. The lowest BCUT2D eigenvalue weighted by Gasteiger charge is -2.33. The first kappa shape index (κ1) is 17.6. The molecule has 0 aliphatic carbocycles. The number of ether oxygens (including phenoxy) is 1. The third-order valence-electron chi connectivity index (χ3n) is 5.78. The number of benzene rings is 2. The molecule has 0 spiro atoms. The van der Waals surface area contributed by atoms with Crippen molar-refractivity contribution in [1.29, 1.82) is 0 Å². The summed E-state index contributed by atoms with van der Waals surface area (Å²) in [6.45, 7) is 2.26. The number of rotatable bonds is 4. The van der Waals surface area contributed by atoms with Crippen molar-refractivity contribution in [1.82, 2.24) is 9.88 Å². The summed E-state index contributed by atoms with van der Waals surface area (Å²) in [4.78, 5) is 12.3. The Labute approximate surface area is 169 Å². The Kier molecular flexibility index (Phi) is 4.47. The lowest BCUT2D eigenvalue weighted by Crippen LogP contribution is -2.35. The summed E-state index contributed by atoms with van der Waals surface area (Å²) < 4.78 is 5.86. The first-order valence-corrected chi connectivity index (χ1v) is 10.8. The van der Waals surface area contributed by atoms with E-state index in [2.05, 4.69) is 59.3 Å². The van der Waals surface area contributed by atoms with Crippen LogP contribution in [0.4, 0.5) is 0 Å². The number of aliphatic imine (C=N–C) groups is 1. The highest BCUT2D eigenvalue weighted by molar-refractivity contribution is 8.14. The number of aromatic nitrogens is 1. The van der Waals surface area contributed by atoms with E-state index >= 15 is 0 Å². The lowest BCUT2D eigenvalue weighted by molar-refractivity contribution is 0.250. The Hall–Kier alpha value is -2.53. The van der Waals surface area contributed by atoms with Crippen molar-refractivity contribution in [2.24, 2.45) is 4.99 Å². The van der Waals surface area contributed by atoms with Gasteiger partial charge in [0.05, 0.1) is 18.8 Å². The van der Waals surface area contributed by atoms with E-state index in [9.17, 15) is 0 Å². The van der Waals surface area contributed by atoms with Gasteiger partial charge in [0.15, 0.2) is 5.17 Å². The van der Waals surface area contributed by atoms with Crippen molar-refractivity contribution < 1.29 is 4.74 Å². The molecule has 1 saturated heterocycles. The number of methoxy groups -OCH3 is 1. The first-order valence-electron chi connectivity index (χ1n) is 9.77. The highest BCUT2D eigenvalue weighted by Crippen LogP contribution is 2.52. The molecule has 5 rings (SSSR count). The number of thioether (sulfide) groups is 1. The van der Waals surface area contributed by atoms with Crippen molar-refractivity contribution in [3.8, 4) is 5.75 Å². The van der Waals surface area contributed by atoms with E-state index < -0.39 is 0 Å². The zero-order valence-electron chi connectivity index (χ0n) is 16.1. The lowest BCUT2D eigenvalue weighted by atomic mass is 9.90. The zero-order chi connectivity index (χ0) is 19.1. The maximum Gasteiger partial charge on any atom is 0.160 e. The van der Waals surface area contributed by atoms with Crippen LogP contribution >= 0.6 is 11.8 Å². The van der Waals surface area contributed by atoms with Crippen LogP contribution in [0.2, 0.25) is 0 Å². The molecule has 3 atom stereocenters. The number of nitrogens with zero attached hydrogens (tertiary/aromatic N) is 3. The van der Waals surface area contributed by atoms with Crippen LogP contribution in [0.5, 0.6) is 5.75 Å². The van der Waals surface area contributed by atoms with Crippen LogP contribution in [-0.4, -0.2) is 34.0 Å². The zero-order valence-corrected chi connectivity index (χ0v) is 16.9. The third kappa shape index (κ3) is 2.68. The van der Waals surface area contributed by atoms with Gasteiger partial charge in [-0.1, -0.05) is 55.1 Å². The second-order valence-corrected chi connectivity index (χ2v) is 8.23. The van der Waals surface area contributed by atoms with Crippen molar-refractivity contribution in [3.05, 3.63) is 72.1 Å². The molecule has 0 bridgehead atoms. The predicted octanol–water partition coefficient (Wildman–Crippen LogP) is 5.22.